The van der Waals surface area contributed by atoms with E-state index in [1.54, 1.807) is 0 Å². The smallest absolute Gasteiger partial charge is 0.325 e. The molecule has 0 aromatic carbocycles. The Bertz CT molecular complexity index is 693. The van der Waals surface area contributed by atoms with Crippen molar-refractivity contribution in [3.8, 4) is 0 Å². The SMILES string of the molecule is C[C@@H](CNC(=O)CN1C(=O)N[C@@H](CCC(=O)NC2=NCCCN2)C1=O)C(=O)O. The molecule has 0 radical (unpaired) electrons. The van der Waals surface area contributed by atoms with Crippen molar-refractivity contribution in [2.75, 3.05) is 26.2 Å². The zero-order chi connectivity index (χ0) is 20.7. The van der Waals surface area contributed by atoms with Crippen LogP contribution in [0, 0.1) is 5.92 Å². The summed E-state index contributed by atoms with van der Waals surface area (Å²) in [7, 11) is 0. The predicted octanol–water partition coefficient (Wildman–Crippen LogP) is -2.01. The topological polar surface area (TPSA) is 169 Å². The minimum absolute atomic E-state index is 0.00640. The molecule has 2 aliphatic heterocycles. The van der Waals surface area contributed by atoms with Crippen molar-refractivity contribution in [1.29, 1.82) is 0 Å². The Morgan fingerprint density at radius 3 is 2.71 bits per heavy atom. The summed E-state index contributed by atoms with van der Waals surface area (Å²) in [6.07, 6.45) is 0.964. The molecule has 0 bridgehead atoms. The number of carbonyl (C=O) groups excluding carboxylic acids is 4. The number of nitrogens with zero attached hydrogens (tertiary/aromatic N) is 2. The van der Waals surface area contributed by atoms with Gasteiger partial charge < -0.3 is 21.1 Å². The first-order chi connectivity index (χ1) is 13.3. The first-order valence-electron chi connectivity index (χ1n) is 8.97. The maximum atomic E-state index is 12.3. The third-order valence-corrected chi connectivity index (χ3v) is 4.25. The lowest BCUT2D eigenvalue weighted by molar-refractivity contribution is -0.141. The third-order valence-electron chi connectivity index (χ3n) is 4.25. The van der Waals surface area contributed by atoms with E-state index in [2.05, 4.69) is 26.3 Å². The quantitative estimate of drug-likeness (QED) is 0.295. The van der Waals surface area contributed by atoms with E-state index in [4.69, 9.17) is 5.11 Å². The molecule has 12 nitrogen and oxygen atoms in total. The number of aliphatic carboxylic acids is 1. The summed E-state index contributed by atoms with van der Waals surface area (Å²) in [5.74, 6) is -3.05. The number of hydrogen-bond acceptors (Lipinski definition) is 7. The molecule has 0 aromatic heterocycles. The van der Waals surface area contributed by atoms with E-state index in [1.165, 1.54) is 6.92 Å². The van der Waals surface area contributed by atoms with Crippen LogP contribution in [0.3, 0.4) is 0 Å². The number of guanidine groups is 1. The van der Waals surface area contributed by atoms with Gasteiger partial charge in [-0.3, -0.25) is 34.4 Å². The number of carbonyl (C=O) groups is 5. The molecule has 2 atom stereocenters. The van der Waals surface area contributed by atoms with E-state index in [0.29, 0.717) is 12.5 Å². The van der Waals surface area contributed by atoms with Gasteiger partial charge in [0.15, 0.2) is 5.96 Å². The lowest BCUT2D eigenvalue weighted by Gasteiger charge is -2.15. The fourth-order valence-corrected chi connectivity index (χ4v) is 2.56. The molecule has 2 aliphatic rings. The highest BCUT2D eigenvalue weighted by Gasteiger charge is 2.38. The molecule has 5 N–H and O–H groups in total. The van der Waals surface area contributed by atoms with Crippen LogP contribution in [0.1, 0.15) is 26.2 Å². The highest BCUT2D eigenvalue weighted by molar-refractivity contribution is 6.06. The molecule has 5 amide bonds. The van der Waals surface area contributed by atoms with Gasteiger partial charge in [0.2, 0.25) is 11.8 Å². The van der Waals surface area contributed by atoms with Gasteiger partial charge in [0.25, 0.3) is 5.91 Å². The van der Waals surface area contributed by atoms with E-state index < -0.39 is 42.3 Å². The summed E-state index contributed by atoms with van der Waals surface area (Å²) < 4.78 is 0. The number of carboxylic acids is 1. The van der Waals surface area contributed by atoms with E-state index in [0.717, 1.165) is 17.9 Å². The fourth-order valence-electron chi connectivity index (χ4n) is 2.56. The molecular formula is C16H24N6O6. The first-order valence-corrected chi connectivity index (χ1v) is 8.97. The second-order valence-corrected chi connectivity index (χ2v) is 6.57. The fraction of sp³-hybridized carbons (Fsp3) is 0.625. The van der Waals surface area contributed by atoms with Crippen LogP contribution in [0.2, 0.25) is 0 Å². The molecule has 28 heavy (non-hydrogen) atoms. The maximum absolute atomic E-state index is 12.3. The Kier molecular flexibility index (Phi) is 7.29. The minimum Gasteiger partial charge on any atom is -0.481 e. The number of rotatable bonds is 8. The summed E-state index contributed by atoms with van der Waals surface area (Å²) >= 11 is 0. The average molecular weight is 396 g/mol. The lowest BCUT2D eigenvalue weighted by atomic mass is 10.1. The molecular weight excluding hydrogens is 372 g/mol. The molecule has 12 heteroatoms. The van der Waals surface area contributed by atoms with E-state index in [1.807, 2.05) is 0 Å². The standard InChI is InChI=1S/C16H24N6O6/c1-9(14(26)27)7-19-12(24)8-22-13(25)10(20-16(22)28)3-4-11(23)21-15-17-5-2-6-18-15/h9-10H,2-8H2,1H3,(H,19,24)(H,20,28)(H,26,27)(H2,17,18,21,23)/t9-,10-/m0/s1. The Hall–Kier alpha value is -3.18. The summed E-state index contributed by atoms with van der Waals surface area (Å²) in [4.78, 5) is 63.6. The van der Waals surface area contributed by atoms with Crippen LogP contribution in [0.15, 0.2) is 4.99 Å². The van der Waals surface area contributed by atoms with Gasteiger partial charge in [-0.2, -0.15) is 0 Å². The summed E-state index contributed by atoms with van der Waals surface area (Å²) in [5.41, 5.74) is 0. The predicted molar refractivity (Wildman–Crippen MR) is 96.1 cm³/mol. The van der Waals surface area contributed by atoms with Crippen molar-refractivity contribution in [2.24, 2.45) is 10.9 Å². The van der Waals surface area contributed by atoms with Crippen LogP contribution in [0.25, 0.3) is 0 Å². The molecule has 0 saturated carbocycles. The van der Waals surface area contributed by atoms with Gasteiger partial charge in [0.05, 0.1) is 5.92 Å². The van der Waals surface area contributed by atoms with Gasteiger partial charge in [-0.05, 0) is 12.8 Å². The second-order valence-electron chi connectivity index (χ2n) is 6.57. The van der Waals surface area contributed by atoms with Crippen LogP contribution in [0.5, 0.6) is 0 Å². The minimum atomic E-state index is -1.07. The Labute approximate surface area is 161 Å². The molecule has 0 spiro atoms. The van der Waals surface area contributed by atoms with Gasteiger partial charge >= 0.3 is 12.0 Å². The molecule has 2 heterocycles. The molecule has 154 valence electrons. The van der Waals surface area contributed by atoms with Crippen molar-refractivity contribution in [1.82, 2.24) is 26.2 Å². The summed E-state index contributed by atoms with van der Waals surface area (Å²) in [5, 5.41) is 19.1. The first kappa shape index (κ1) is 21.1. The van der Waals surface area contributed by atoms with Gasteiger partial charge in [0.1, 0.15) is 12.6 Å². The lowest BCUT2D eigenvalue weighted by Crippen LogP contribution is -2.44. The number of hydrogen-bond donors (Lipinski definition) is 5. The van der Waals surface area contributed by atoms with Gasteiger partial charge in [-0.25, -0.2) is 4.79 Å². The normalized spacial score (nSPS) is 20.0. The molecule has 0 aliphatic carbocycles. The van der Waals surface area contributed by atoms with E-state index in [9.17, 15) is 24.0 Å². The zero-order valence-electron chi connectivity index (χ0n) is 15.5. The highest BCUT2D eigenvalue weighted by atomic mass is 16.4. The molecule has 0 aromatic rings. The number of aliphatic imine (C=N–C) groups is 1. The van der Waals surface area contributed by atoms with Crippen LogP contribution in [-0.2, 0) is 19.2 Å². The van der Waals surface area contributed by atoms with Crippen LogP contribution in [0.4, 0.5) is 4.79 Å². The summed E-state index contributed by atoms with van der Waals surface area (Å²) in [6, 6.07) is -1.62. The van der Waals surface area contributed by atoms with Crippen LogP contribution >= 0.6 is 0 Å². The number of nitrogens with one attached hydrogen (secondary N) is 4. The molecule has 2 rings (SSSR count). The van der Waals surface area contributed by atoms with Gasteiger partial charge in [0, 0.05) is 26.1 Å². The van der Waals surface area contributed by atoms with Crippen LogP contribution < -0.4 is 21.3 Å². The van der Waals surface area contributed by atoms with Crippen LogP contribution in [-0.4, -0.2) is 77.9 Å². The number of carboxylic acid groups (broad SMARTS) is 1. The maximum Gasteiger partial charge on any atom is 0.325 e. The van der Waals surface area contributed by atoms with E-state index in [-0.39, 0.29) is 25.3 Å². The van der Waals surface area contributed by atoms with Gasteiger partial charge in [-0.1, -0.05) is 6.92 Å². The van der Waals surface area contributed by atoms with Gasteiger partial charge in [-0.15, -0.1) is 0 Å². The highest BCUT2D eigenvalue weighted by Crippen LogP contribution is 2.11. The molecule has 0 unspecified atom stereocenters. The van der Waals surface area contributed by atoms with Crippen molar-refractivity contribution < 1.29 is 29.1 Å². The van der Waals surface area contributed by atoms with Crippen molar-refractivity contribution in [2.45, 2.75) is 32.2 Å². The van der Waals surface area contributed by atoms with Crippen molar-refractivity contribution in [3.05, 3.63) is 0 Å². The van der Waals surface area contributed by atoms with Crippen molar-refractivity contribution in [3.63, 3.8) is 0 Å². The Morgan fingerprint density at radius 1 is 1.32 bits per heavy atom. The number of urea groups is 1. The average Bonchev–Trinajstić information content (AvgIpc) is 2.92. The third kappa shape index (κ3) is 5.93. The number of amides is 5. The van der Waals surface area contributed by atoms with Crippen molar-refractivity contribution >= 4 is 35.7 Å². The molecule has 1 fully saturated rings. The van der Waals surface area contributed by atoms with E-state index >= 15 is 0 Å². The summed E-state index contributed by atoms with van der Waals surface area (Å²) in [6.45, 7) is 2.15. The largest absolute Gasteiger partial charge is 0.481 e. The molecule has 1 saturated heterocycles. The Balaban J connectivity index is 1.77. The Morgan fingerprint density at radius 2 is 2.07 bits per heavy atom. The number of imide groups is 1. The monoisotopic (exact) mass is 396 g/mol. The second kappa shape index (κ2) is 9.67. The zero-order valence-corrected chi connectivity index (χ0v) is 15.5.